The molecule has 17 heavy (non-hydrogen) atoms. The van der Waals surface area contributed by atoms with Gasteiger partial charge in [0.1, 0.15) is 11.9 Å². The van der Waals surface area contributed by atoms with Crippen LogP contribution in [0.25, 0.3) is 0 Å². The summed E-state index contributed by atoms with van der Waals surface area (Å²) in [5, 5.41) is 7.19. The lowest BCUT2D eigenvalue weighted by Gasteiger charge is -2.30. The van der Waals surface area contributed by atoms with Gasteiger partial charge in [0, 0.05) is 19.5 Å². The molecule has 0 aromatic carbocycles. The highest BCUT2D eigenvalue weighted by Gasteiger charge is 2.24. The van der Waals surface area contributed by atoms with Gasteiger partial charge < -0.3 is 10.5 Å². The Balaban J connectivity index is 1.94. The number of hydrogen-bond acceptors (Lipinski definition) is 5. The average Bonchev–Trinajstić information content (AvgIpc) is 2.85. The fraction of sp³-hybridized carbons (Fsp3) is 0.818. The normalized spacial score (nSPS) is 21.9. The fourth-order valence-corrected chi connectivity index (χ4v) is 1.98. The standard InChI is InChI=1S/C11H21N5O/c1-2-16-6-7-17-9(8-16)11-13-10(14-15-11)4-3-5-12/h9H,2-8,12H2,1H3,(H,13,14,15). The van der Waals surface area contributed by atoms with Gasteiger partial charge in [-0.25, -0.2) is 4.98 Å². The Kier molecular flexibility index (Phi) is 4.47. The SMILES string of the molecule is CCN1CCOC(c2n[nH]c(CCCN)n2)C1. The van der Waals surface area contributed by atoms with Gasteiger partial charge in [0.15, 0.2) is 5.82 Å². The van der Waals surface area contributed by atoms with E-state index in [0.29, 0.717) is 6.54 Å². The van der Waals surface area contributed by atoms with Crippen molar-refractivity contribution in [1.29, 1.82) is 0 Å². The molecule has 0 bridgehead atoms. The molecule has 96 valence electrons. The van der Waals surface area contributed by atoms with Gasteiger partial charge in [0.25, 0.3) is 0 Å². The minimum Gasteiger partial charge on any atom is -0.367 e. The number of nitrogens with two attached hydrogens (primary N) is 1. The third-order valence-corrected chi connectivity index (χ3v) is 3.05. The Labute approximate surface area is 102 Å². The summed E-state index contributed by atoms with van der Waals surface area (Å²) in [6.07, 6.45) is 1.79. The molecule has 0 saturated carbocycles. The predicted molar refractivity (Wildman–Crippen MR) is 64.6 cm³/mol. The van der Waals surface area contributed by atoms with Crippen LogP contribution in [0.4, 0.5) is 0 Å². The second-order valence-corrected chi connectivity index (χ2v) is 4.29. The molecule has 6 heteroatoms. The van der Waals surface area contributed by atoms with Gasteiger partial charge in [-0.2, -0.15) is 5.10 Å². The van der Waals surface area contributed by atoms with Gasteiger partial charge in [-0.15, -0.1) is 0 Å². The lowest BCUT2D eigenvalue weighted by atomic mass is 10.2. The summed E-state index contributed by atoms with van der Waals surface area (Å²) >= 11 is 0. The molecule has 0 radical (unpaired) electrons. The molecule has 1 unspecified atom stereocenters. The van der Waals surface area contributed by atoms with Crippen LogP contribution in [-0.2, 0) is 11.2 Å². The molecule has 1 aliphatic rings. The third kappa shape index (κ3) is 3.24. The molecule has 1 saturated heterocycles. The molecule has 3 N–H and O–H groups in total. The molecular formula is C11H21N5O. The van der Waals surface area contributed by atoms with Crippen molar-refractivity contribution >= 4 is 0 Å². The number of aromatic nitrogens is 3. The van der Waals surface area contributed by atoms with Crippen molar-refractivity contribution < 1.29 is 4.74 Å². The number of hydrogen-bond donors (Lipinski definition) is 2. The maximum Gasteiger partial charge on any atom is 0.180 e. The first-order chi connectivity index (χ1) is 8.33. The molecule has 1 aromatic rings. The molecular weight excluding hydrogens is 218 g/mol. The Morgan fingerprint density at radius 2 is 2.47 bits per heavy atom. The summed E-state index contributed by atoms with van der Waals surface area (Å²) in [5.74, 6) is 1.68. The number of aryl methyl sites for hydroxylation is 1. The van der Waals surface area contributed by atoms with Crippen LogP contribution in [0.1, 0.15) is 31.1 Å². The van der Waals surface area contributed by atoms with E-state index in [1.807, 2.05) is 0 Å². The first-order valence-electron chi connectivity index (χ1n) is 6.28. The second-order valence-electron chi connectivity index (χ2n) is 4.29. The molecule has 1 aliphatic heterocycles. The highest BCUT2D eigenvalue weighted by Crippen LogP contribution is 2.18. The molecule has 0 amide bonds. The minimum absolute atomic E-state index is 0.00609. The zero-order chi connectivity index (χ0) is 12.1. The van der Waals surface area contributed by atoms with Crippen molar-refractivity contribution in [2.45, 2.75) is 25.9 Å². The van der Waals surface area contributed by atoms with Crippen molar-refractivity contribution in [1.82, 2.24) is 20.1 Å². The van der Waals surface area contributed by atoms with E-state index in [4.69, 9.17) is 10.5 Å². The maximum atomic E-state index is 5.70. The van der Waals surface area contributed by atoms with Crippen molar-refractivity contribution in [3.05, 3.63) is 11.6 Å². The van der Waals surface area contributed by atoms with Crippen LogP contribution in [0.2, 0.25) is 0 Å². The number of H-pyrrole nitrogens is 1. The van der Waals surface area contributed by atoms with E-state index in [1.54, 1.807) is 0 Å². The number of rotatable bonds is 5. The minimum atomic E-state index is 0.00609. The van der Waals surface area contributed by atoms with Gasteiger partial charge in [0.05, 0.1) is 6.61 Å². The largest absolute Gasteiger partial charge is 0.367 e. The van der Waals surface area contributed by atoms with Gasteiger partial charge >= 0.3 is 0 Å². The van der Waals surface area contributed by atoms with E-state index in [2.05, 4.69) is 27.0 Å². The zero-order valence-corrected chi connectivity index (χ0v) is 10.4. The highest BCUT2D eigenvalue weighted by molar-refractivity contribution is 4.96. The Morgan fingerprint density at radius 3 is 3.24 bits per heavy atom. The van der Waals surface area contributed by atoms with Gasteiger partial charge in [-0.1, -0.05) is 6.92 Å². The van der Waals surface area contributed by atoms with Gasteiger partial charge in [-0.3, -0.25) is 10.00 Å². The van der Waals surface area contributed by atoms with Gasteiger partial charge in [0.2, 0.25) is 0 Å². The van der Waals surface area contributed by atoms with E-state index in [-0.39, 0.29) is 6.10 Å². The summed E-state index contributed by atoms with van der Waals surface area (Å²) in [6.45, 7) is 6.52. The number of ether oxygens (including phenoxy) is 1. The summed E-state index contributed by atoms with van der Waals surface area (Å²) in [4.78, 5) is 6.82. The van der Waals surface area contributed by atoms with E-state index in [9.17, 15) is 0 Å². The summed E-state index contributed by atoms with van der Waals surface area (Å²) in [6, 6.07) is 0. The lowest BCUT2D eigenvalue weighted by molar-refractivity contribution is -0.0324. The predicted octanol–water partition coefficient (Wildman–Crippen LogP) is 0.0892. The van der Waals surface area contributed by atoms with E-state index in [0.717, 1.165) is 50.7 Å². The first-order valence-corrected chi connectivity index (χ1v) is 6.28. The van der Waals surface area contributed by atoms with E-state index >= 15 is 0 Å². The molecule has 1 fully saturated rings. The molecule has 6 nitrogen and oxygen atoms in total. The summed E-state index contributed by atoms with van der Waals surface area (Å²) in [5.41, 5.74) is 5.47. The molecule has 0 aliphatic carbocycles. The zero-order valence-electron chi connectivity index (χ0n) is 10.4. The molecule has 1 atom stereocenters. The van der Waals surface area contributed by atoms with Crippen LogP contribution in [0.3, 0.4) is 0 Å². The van der Waals surface area contributed by atoms with Crippen LogP contribution >= 0.6 is 0 Å². The Morgan fingerprint density at radius 1 is 1.59 bits per heavy atom. The third-order valence-electron chi connectivity index (χ3n) is 3.05. The molecule has 2 heterocycles. The second kappa shape index (κ2) is 6.09. The number of likely N-dealkylation sites (N-methyl/N-ethyl adjacent to an activating group) is 1. The van der Waals surface area contributed by atoms with E-state index < -0.39 is 0 Å². The number of nitrogens with zero attached hydrogens (tertiary/aromatic N) is 3. The number of morpholine rings is 1. The molecule has 1 aromatic heterocycles. The topological polar surface area (TPSA) is 80.1 Å². The van der Waals surface area contributed by atoms with Crippen molar-refractivity contribution in [3.63, 3.8) is 0 Å². The van der Waals surface area contributed by atoms with Crippen molar-refractivity contribution in [3.8, 4) is 0 Å². The first kappa shape index (κ1) is 12.5. The van der Waals surface area contributed by atoms with Crippen LogP contribution in [0, 0.1) is 0 Å². The van der Waals surface area contributed by atoms with Crippen LogP contribution in [0.5, 0.6) is 0 Å². The number of aromatic amines is 1. The highest BCUT2D eigenvalue weighted by atomic mass is 16.5. The maximum absolute atomic E-state index is 5.70. The Hall–Kier alpha value is -0.980. The van der Waals surface area contributed by atoms with Crippen molar-refractivity contribution in [2.75, 3.05) is 32.8 Å². The Bertz CT molecular complexity index is 340. The average molecular weight is 239 g/mol. The molecule has 2 rings (SSSR count). The summed E-state index contributed by atoms with van der Waals surface area (Å²) < 4.78 is 5.70. The fourth-order valence-electron chi connectivity index (χ4n) is 1.98. The quantitative estimate of drug-likeness (QED) is 0.761. The monoisotopic (exact) mass is 239 g/mol. The van der Waals surface area contributed by atoms with Crippen LogP contribution < -0.4 is 5.73 Å². The smallest absolute Gasteiger partial charge is 0.180 e. The van der Waals surface area contributed by atoms with Gasteiger partial charge in [-0.05, 0) is 19.5 Å². The molecule has 0 spiro atoms. The lowest BCUT2D eigenvalue weighted by Crippen LogP contribution is -2.38. The van der Waals surface area contributed by atoms with E-state index in [1.165, 1.54) is 0 Å². The summed E-state index contributed by atoms with van der Waals surface area (Å²) in [7, 11) is 0. The van der Waals surface area contributed by atoms with Crippen molar-refractivity contribution in [2.24, 2.45) is 5.73 Å². The van der Waals surface area contributed by atoms with Crippen LogP contribution in [0.15, 0.2) is 0 Å². The number of nitrogens with one attached hydrogen (secondary N) is 1. The van der Waals surface area contributed by atoms with Crippen LogP contribution in [-0.4, -0.2) is 52.9 Å².